The molecule has 30 heavy (non-hydrogen) atoms. The van der Waals surface area contributed by atoms with Crippen LogP contribution in [0.2, 0.25) is 0 Å². The minimum atomic E-state index is 0.334. The Hall–Kier alpha value is -3.71. The van der Waals surface area contributed by atoms with Crippen LogP contribution in [0.5, 0.6) is 11.5 Å². The topological polar surface area (TPSA) is 63.3 Å². The van der Waals surface area contributed by atoms with E-state index in [1.807, 2.05) is 73.8 Å². The molecular weight excluding hydrogens is 396 g/mol. The second-order valence-corrected chi connectivity index (χ2v) is 7.22. The van der Waals surface area contributed by atoms with E-state index < -0.39 is 0 Å². The fourth-order valence-electron chi connectivity index (χ4n) is 3.38. The van der Waals surface area contributed by atoms with Crippen molar-refractivity contribution in [3.63, 3.8) is 0 Å². The number of hydrogen-bond acceptors (Lipinski definition) is 5. The highest BCUT2D eigenvalue weighted by Crippen LogP contribution is 2.27. The van der Waals surface area contributed by atoms with Gasteiger partial charge in [-0.25, -0.2) is 9.97 Å². The van der Waals surface area contributed by atoms with E-state index in [1.165, 1.54) is 0 Å². The molecule has 0 aliphatic heterocycles. The highest BCUT2D eigenvalue weighted by atomic mass is 32.1. The average molecular weight is 414 g/mol. The van der Waals surface area contributed by atoms with Gasteiger partial charge in [-0.2, -0.15) is 0 Å². The number of rotatable bonds is 3. The van der Waals surface area contributed by atoms with Gasteiger partial charge >= 0.3 is 0 Å². The zero-order valence-electron chi connectivity index (χ0n) is 16.4. The molecule has 0 spiro atoms. The van der Waals surface area contributed by atoms with Crippen molar-refractivity contribution in [3.05, 3.63) is 66.7 Å². The van der Waals surface area contributed by atoms with E-state index in [0.717, 1.165) is 44.5 Å². The summed E-state index contributed by atoms with van der Waals surface area (Å²) in [6.07, 6.45) is 0. The molecule has 0 unspecified atom stereocenters. The third-order valence-electron chi connectivity index (χ3n) is 5.01. The average Bonchev–Trinajstić information content (AvgIpc) is 3.14. The Morgan fingerprint density at radius 2 is 1.70 bits per heavy atom. The molecule has 0 radical (unpaired) electrons. The molecule has 3 aromatic carbocycles. The van der Waals surface area contributed by atoms with Gasteiger partial charge in [-0.3, -0.25) is 0 Å². The Labute approximate surface area is 178 Å². The second-order valence-electron chi connectivity index (χ2n) is 6.87. The fraction of sp³-hybridized carbons (Fsp3) is 0.0870. The molecule has 6 nitrogen and oxygen atoms in total. The number of fused-ring (bicyclic) bond motifs is 4. The van der Waals surface area contributed by atoms with Crippen LogP contribution in [0.4, 0.5) is 5.69 Å². The molecule has 148 valence electrons. The SMILES string of the molecule is COc1ccc(N(C)C(=S)Oc2ccc3nc4[nH]c5ccccc5c4nc3c2)cc1. The number of ether oxygens (including phenoxy) is 2. The standard InChI is InChI=1S/C23H18N4O2S/c1-27(14-7-9-15(28-2)10-8-14)23(30)29-16-11-12-19-20(13-16)24-21-17-5-3-4-6-18(17)25-22(21)26-19/h3-13H,1-2H3,(H,25,26). The van der Waals surface area contributed by atoms with Gasteiger partial charge in [0.15, 0.2) is 5.65 Å². The number of para-hydroxylation sites is 1. The first-order valence-electron chi connectivity index (χ1n) is 9.40. The third kappa shape index (κ3) is 3.19. The Morgan fingerprint density at radius 1 is 0.933 bits per heavy atom. The Balaban J connectivity index is 1.45. The second kappa shape index (κ2) is 7.27. The van der Waals surface area contributed by atoms with Crippen LogP contribution in [0.25, 0.3) is 33.1 Å². The maximum atomic E-state index is 5.93. The summed E-state index contributed by atoms with van der Waals surface area (Å²) in [5.41, 5.74) is 5.07. The van der Waals surface area contributed by atoms with E-state index in [4.69, 9.17) is 31.7 Å². The van der Waals surface area contributed by atoms with Gasteiger partial charge < -0.3 is 19.4 Å². The summed E-state index contributed by atoms with van der Waals surface area (Å²) >= 11 is 5.48. The van der Waals surface area contributed by atoms with Crippen LogP contribution < -0.4 is 14.4 Å². The number of aromatic nitrogens is 3. The number of hydrogen-bond donors (Lipinski definition) is 1. The Bertz CT molecular complexity index is 1400. The number of nitrogens with one attached hydrogen (secondary N) is 1. The molecule has 0 saturated heterocycles. The van der Waals surface area contributed by atoms with Crippen LogP contribution in [0.1, 0.15) is 0 Å². The molecule has 1 N–H and O–H groups in total. The van der Waals surface area contributed by atoms with Crippen molar-refractivity contribution >= 4 is 56.2 Å². The van der Waals surface area contributed by atoms with Crippen molar-refractivity contribution in [1.82, 2.24) is 15.0 Å². The highest BCUT2D eigenvalue weighted by molar-refractivity contribution is 7.80. The lowest BCUT2D eigenvalue weighted by Crippen LogP contribution is -2.29. The lowest BCUT2D eigenvalue weighted by Gasteiger charge is -2.20. The minimum absolute atomic E-state index is 0.334. The molecule has 0 bridgehead atoms. The molecule has 0 atom stereocenters. The largest absolute Gasteiger partial charge is 0.497 e. The Morgan fingerprint density at radius 3 is 2.50 bits per heavy atom. The molecule has 0 fully saturated rings. The molecule has 0 amide bonds. The summed E-state index contributed by atoms with van der Waals surface area (Å²) in [5.74, 6) is 1.40. The normalized spacial score (nSPS) is 11.1. The zero-order chi connectivity index (χ0) is 20.7. The van der Waals surface area contributed by atoms with Gasteiger partial charge in [0.1, 0.15) is 17.0 Å². The number of aromatic amines is 1. The maximum absolute atomic E-state index is 5.93. The number of benzene rings is 3. The van der Waals surface area contributed by atoms with Crippen LogP contribution in [0.15, 0.2) is 66.7 Å². The lowest BCUT2D eigenvalue weighted by molar-refractivity contribution is 0.415. The quantitative estimate of drug-likeness (QED) is 0.416. The maximum Gasteiger partial charge on any atom is 0.269 e. The summed E-state index contributed by atoms with van der Waals surface area (Å²) < 4.78 is 11.1. The molecule has 0 aliphatic rings. The summed E-state index contributed by atoms with van der Waals surface area (Å²) in [7, 11) is 3.50. The minimum Gasteiger partial charge on any atom is -0.497 e. The molecule has 5 aromatic rings. The zero-order valence-corrected chi connectivity index (χ0v) is 17.2. The van der Waals surface area contributed by atoms with Crippen LogP contribution in [-0.2, 0) is 0 Å². The molecule has 2 aromatic heterocycles. The van der Waals surface area contributed by atoms with Gasteiger partial charge in [-0.15, -0.1) is 0 Å². The highest BCUT2D eigenvalue weighted by Gasteiger charge is 2.12. The van der Waals surface area contributed by atoms with Gasteiger partial charge in [0.05, 0.1) is 18.1 Å². The predicted octanol–water partition coefficient (Wildman–Crippen LogP) is 5.07. The van der Waals surface area contributed by atoms with Gasteiger partial charge in [-0.1, -0.05) is 18.2 Å². The fourth-order valence-corrected chi connectivity index (χ4v) is 3.58. The van der Waals surface area contributed by atoms with Crippen LogP contribution in [0.3, 0.4) is 0 Å². The number of thiocarbonyl (C=S) groups is 1. The lowest BCUT2D eigenvalue weighted by atomic mass is 10.2. The van der Waals surface area contributed by atoms with Crippen molar-refractivity contribution in [2.75, 3.05) is 19.1 Å². The number of nitrogens with zero attached hydrogens (tertiary/aromatic N) is 3. The number of anilines is 1. The van der Waals surface area contributed by atoms with E-state index in [2.05, 4.69) is 4.98 Å². The van der Waals surface area contributed by atoms with Crippen molar-refractivity contribution in [2.45, 2.75) is 0 Å². The molecule has 5 rings (SSSR count). The van der Waals surface area contributed by atoms with E-state index in [-0.39, 0.29) is 0 Å². The van der Waals surface area contributed by atoms with Gasteiger partial charge in [-0.05, 0) is 54.7 Å². The van der Waals surface area contributed by atoms with Crippen molar-refractivity contribution in [2.24, 2.45) is 0 Å². The first kappa shape index (κ1) is 18.3. The number of methoxy groups -OCH3 is 1. The van der Waals surface area contributed by atoms with Gasteiger partial charge in [0, 0.05) is 29.7 Å². The van der Waals surface area contributed by atoms with E-state index >= 15 is 0 Å². The van der Waals surface area contributed by atoms with Crippen molar-refractivity contribution in [3.8, 4) is 11.5 Å². The van der Waals surface area contributed by atoms with Crippen LogP contribution in [-0.4, -0.2) is 34.3 Å². The van der Waals surface area contributed by atoms with Crippen LogP contribution in [0, 0.1) is 0 Å². The molecule has 7 heteroatoms. The van der Waals surface area contributed by atoms with Crippen molar-refractivity contribution in [1.29, 1.82) is 0 Å². The monoisotopic (exact) mass is 414 g/mol. The van der Waals surface area contributed by atoms with Gasteiger partial charge in [0.2, 0.25) is 0 Å². The summed E-state index contributed by atoms with van der Waals surface area (Å²) in [4.78, 5) is 14.6. The first-order chi connectivity index (χ1) is 14.6. The van der Waals surface area contributed by atoms with Gasteiger partial charge in [0.25, 0.3) is 5.17 Å². The molecular formula is C23H18N4O2S. The smallest absolute Gasteiger partial charge is 0.269 e. The Kier molecular flexibility index (Phi) is 4.44. The molecule has 2 heterocycles. The summed E-state index contributed by atoms with van der Waals surface area (Å²) in [6.45, 7) is 0. The summed E-state index contributed by atoms with van der Waals surface area (Å²) in [5, 5.41) is 1.38. The van der Waals surface area contributed by atoms with Crippen LogP contribution >= 0.6 is 12.2 Å². The molecule has 0 aliphatic carbocycles. The van der Waals surface area contributed by atoms with E-state index in [0.29, 0.717) is 10.9 Å². The third-order valence-corrected chi connectivity index (χ3v) is 5.37. The number of H-pyrrole nitrogens is 1. The van der Waals surface area contributed by atoms with E-state index in [9.17, 15) is 0 Å². The predicted molar refractivity (Wildman–Crippen MR) is 124 cm³/mol. The first-order valence-corrected chi connectivity index (χ1v) is 9.81. The van der Waals surface area contributed by atoms with Crippen molar-refractivity contribution < 1.29 is 9.47 Å². The molecule has 0 saturated carbocycles. The van der Waals surface area contributed by atoms with E-state index in [1.54, 1.807) is 12.0 Å². The summed E-state index contributed by atoms with van der Waals surface area (Å²) in [6, 6.07) is 21.2.